The largest absolute Gasteiger partial charge is 0.314 e. The molecule has 2 heterocycles. The molecular weight excluding hydrogens is 218 g/mol. The van der Waals surface area contributed by atoms with Crippen molar-refractivity contribution < 1.29 is 0 Å². The van der Waals surface area contributed by atoms with Crippen LogP contribution in [-0.2, 0) is 0 Å². The summed E-state index contributed by atoms with van der Waals surface area (Å²) in [6, 6.07) is 1.64. The highest BCUT2D eigenvalue weighted by Crippen LogP contribution is 2.17. The van der Waals surface area contributed by atoms with Gasteiger partial charge in [0.1, 0.15) is 5.01 Å². The Morgan fingerprint density at radius 1 is 1.62 bits per heavy atom. The van der Waals surface area contributed by atoms with Crippen LogP contribution in [0.3, 0.4) is 0 Å². The third-order valence-electron chi connectivity index (χ3n) is 3.16. The number of nitrogens with one attached hydrogen (secondary N) is 2. The van der Waals surface area contributed by atoms with Crippen molar-refractivity contribution in [3.63, 3.8) is 0 Å². The molecule has 1 fully saturated rings. The maximum absolute atomic E-state index is 4.34. The van der Waals surface area contributed by atoms with Gasteiger partial charge < -0.3 is 10.6 Å². The summed E-state index contributed by atoms with van der Waals surface area (Å²) < 4.78 is 0. The van der Waals surface area contributed by atoms with Crippen LogP contribution in [0.15, 0.2) is 11.6 Å². The van der Waals surface area contributed by atoms with E-state index in [1.165, 1.54) is 30.8 Å². The summed E-state index contributed by atoms with van der Waals surface area (Å²) in [4.78, 5) is 4.34. The second kappa shape index (κ2) is 5.75. The summed E-state index contributed by atoms with van der Waals surface area (Å²) >= 11 is 1.73. The summed E-state index contributed by atoms with van der Waals surface area (Å²) in [6.07, 6.45) is 5.76. The molecule has 3 nitrogen and oxygen atoms in total. The van der Waals surface area contributed by atoms with E-state index >= 15 is 0 Å². The van der Waals surface area contributed by atoms with Crippen molar-refractivity contribution in [2.75, 3.05) is 6.54 Å². The van der Waals surface area contributed by atoms with Gasteiger partial charge in [0.2, 0.25) is 0 Å². The van der Waals surface area contributed by atoms with E-state index < -0.39 is 0 Å². The molecule has 0 aromatic carbocycles. The molecule has 1 saturated heterocycles. The van der Waals surface area contributed by atoms with E-state index in [1.807, 2.05) is 11.6 Å². The molecule has 1 aliphatic heterocycles. The molecule has 2 rings (SSSR count). The highest BCUT2D eigenvalue weighted by atomic mass is 32.1. The van der Waals surface area contributed by atoms with E-state index in [0.29, 0.717) is 18.1 Å². The second-order valence-electron chi connectivity index (χ2n) is 4.69. The van der Waals surface area contributed by atoms with Crippen molar-refractivity contribution >= 4 is 11.3 Å². The van der Waals surface area contributed by atoms with Gasteiger partial charge in [0.15, 0.2) is 0 Å². The highest BCUT2D eigenvalue weighted by Gasteiger charge is 2.18. The van der Waals surface area contributed by atoms with Crippen LogP contribution in [0.1, 0.15) is 44.2 Å². The molecule has 0 bridgehead atoms. The first-order valence-electron chi connectivity index (χ1n) is 6.14. The molecule has 4 heteroatoms. The first kappa shape index (κ1) is 12.0. The van der Waals surface area contributed by atoms with E-state index in [-0.39, 0.29) is 0 Å². The molecule has 0 aliphatic carbocycles. The average Bonchev–Trinajstić information content (AvgIpc) is 2.88. The zero-order chi connectivity index (χ0) is 11.4. The number of nitrogens with zero attached hydrogens (tertiary/aromatic N) is 1. The number of thiazole rings is 1. The van der Waals surface area contributed by atoms with Crippen LogP contribution in [0.4, 0.5) is 0 Å². The molecule has 0 radical (unpaired) electrons. The molecule has 2 N–H and O–H groups in total. The van der Waals surface area contributed by atoms with Gasteiger partial charge in [-0.25, -0.2) is 4.98 Å². The van der Waals surface area contributed by atoms with E-state index in [2.05, 4.69) is 29.5 Å². The van der Waals surface area contributed by atoms with Gasteiger partial charge in [-0.2, -0.15) is 0 Å². The van der Waals surface area contributed by atoms with Crippen LogP contribution < -0.4 is 10.6 Å². The lowest BCUT2D eigenvalue weighted by atomic mass is 10.1. The van der Waals surface area contributed by atoms with Gasteiger partial charge in [-0.1, -0.05) is 0 Å². The number of hydrogen-bond donors (Lipinski definition) is 2. The summed E-state index contributed by atoms with van der Waals surface area (Å²) in [6.45, 7) is 5.65. The third kappa shape index (κ3) is 3.27. The molecule has 3 unspecified atom stereocenters. The monoisotopic (exact) mass is 239 g/mol. The first-order chi connectivity index (χ1) is 7.75. The molecule has 0 saturated carbocycles. The number of aromatic nitrogens is 1. The van der Waals surface area contributed by atoms with Crippen LogP contribution in [0.2, 0.25) is 0 Å². The standard InChI is InChI=1S/C12H21N3S/c1-9(8-11-4-3-5-13-11)15-10(2)12-14-6-7-16-12/h6-7,9-11,13,15H,3-5,8H2,1-2H3. The van der Waals surface area contributed by atoms with Crippen LogP contribution in [-0.4, -0.2) is 23.6 Å². The van der Waals surface area contributed by atoms with Crippen molar-refractivity contribution in [3.05, 3.63) is 16.6 Å². The molecule has 0 amide bonds. The van der Waals surface area contributed by atoms with Gasteiger partial charge >= 0.3 is 0 Å². The summed E-state index contributed by atoms with van der Waals surface area (Å²) in [5, 5.41) is 10.4. The maximum Gasteiger partial charge on any atom is 0.109 e. The molecule has 1 aromatic heterocycles. The van der Waals surface area contributed by atoms with Crippen molar-refractivity contribution in [1.29, 1.82) is 0 Å². The Bertz CT molecular complexity index is 293. The fourth-order valence-corrected chi connectivity index (χ4v) is 3.05. The summed E-state index contributed by atoms with van der Waals surface area (Å²) in [5.74, 6) is 0. The Morgan fingerprint density at radius 3 is 3.12 bits per heavy atom. The lowest BCUT2D eigenvalue weighted by Gasteiger charge is -2.21. The Balaban J connectivity index is 1.75. The topological polar surface area (TPSA) is 37.0 Å². The Morgan fingerprint density at radius 2 is 2.50 bits per heavy atom. The minimum atomic E-state index is 0.372. The molecular formula is C12H21N3S. The normalized spacial score (nSPS) is 24.5. The Hall–Kier alpha value is -0.450. The molecule has 1 aromatic rings. The van der Waals surface area contributed by atoms with Gasteiger partial charge in [-0.15, -0.1) is 11.3 Å². The van der Waals surface area contributed by atoms with E-state index in [0.717, 1.165) is 0 Å². The number of rotatable bonds is 5. The molecule has 90 valence electrons. The molecule has 3 atom stereocenters. The highest BCUT2D eigenvalue weighted by molar-refractivity contribution is 7.09. The second-order valence-corrected chi connectivity index (χ2v) is 5.61. The smallest absolute Gasteiger partial charge is 0.109 e. The fraction of sp³-hybridized carbons (Fsp3) is 0.750. The van der Waals surface area contributed by atoms with Crippen molar-refractivity contribution in [3.8, 4) is 0 Å². The van der Waals surface area contributed by atoms with E-state index in [1.54, 1.807) is 11.3 Å². The van der Waals surface area contributed by atoms with Crippen molar-refractivity contribution in [2.24, 2.45) is 0 Å². The zero-order valence-corrected chi connectivity index (χ0v) is 10.9. The lowest BCUT2D eigenvalue weighted by Crippen LogP contribution is -2.35. The van der Waals surface area contributed by atoms with Gasteiger partial charge in [-0.3, -0.25) is 0 Å². The Labute approximate surface area is 102 Å². The van der Waals surface area contributed by atoms with Gasteiger partial charge in [0.25, 0.3) is 0 Å². The van der Waals surface area contributed by atoms with Crippen molar-refractivity contribution in [1.82, 2.24) is 15.6 Å². The van der Waals surface area contributed by atoms with E-state index in [9.17, 15) is 0 Å². The average molecular weight is 239 g/mol. The predicted octanol–water partition coefficient (Wildman–Crippen LogP) is 2.32. The van der Waals surface area contributed by atoms with Crippen LogP contribution in [0, 0.1) is 0 Å². The third-order valence-corrected chi connectivity index (χ3v) is 4.12. The number of hydrogen-bond acceptors (Lipinski definition) is 4. The Kier molecular flexibility index (Phi) is 4.32. The van der Waals surface area contributed by atoms with Gasteiger partial charge in [0.05, 0.1) is 6.04 Å². The van der Waals surface area contributed by atoms with Crippen LogP contribution >= 0.6 is 11.3 Å². The summed E-state index contributed by atoms with van der Waals surface area (Å²) in [5.41, 5.74) is 0. The maximum atomic E-state index is 4.34. The van der Waals surface area contributed by atoms with Crippen LogP contribution in [0.25, 0.3) is 0 Å². The van der Waals surface area contributed by atoms with Crippen molar-refractivity contribution in [2.45, 2.75) is 51.2 Å². The minimum Gasteiger partial charge on any atom is -0.314 e. The molecule has 16 heavy (non-hydrogen) atoms. The predicted molar refractivity (Wildman–Crippen MR) is 68.8 cm³/mol. The summed E-state index contributed by atoms with van der Waals surface area (Å²) in [7, 11) is 0. The van der Waals surface area contributed by atoms with Crippen LogP contribution in [0.5, 0.6) is 0 Å². The first-order valence-corrected chi connectivity index (χ1v) is 7.02. The molecule has 1 aliphatic rings. The molecule has 0 spiro atoms. The lowest BCUT2D eigenvalue weighted by molar-refractivity contribution is 0.407. The van der Waals surface area contributed by atoms with Gasteiger partial charge in [0, 0.05) is 23.7 Å². The quantitative estimate of drug-likeness (QED) is 0.828. The SMILES string of the molecule is CC(CC1CCCN1)NC(C)c1nccs1. The van der Waals surface area contributed by atoms with E-state index in [4.69, 9.17) is 0 Å². The zero-order valence-electron chi connectivity index (χ0n) is 10.1. The van der Waals surface area contributed by atoms with Gasteiger partial charge in [-0.05, 0) is 39.7 Å². The fourth-order valence-electron chi connectivity index (χ4n) is 2.40. The minimum absolute atomic E-state index is 0.372.